The number of nitrogens with one attached hydrogen (secondary N) is 2. The predicted molar refractivity (Wildman–Crippen MR) is 125 cm³/mol. The van der Waals surface area contributed by atoms with E-state index in [0.29, 0.717) is 59.9 Å². The number of fused-ring (bicyclic) bond motifs is 1. The number of pyridine rings is 1. The Morgan fingerprint density at radius 3 is 2.65 bits per heavy atom. The van der Waals surface area contributed by atoms with E-state index in [9.17, 15) is 22.8 Å². The minimum absolute atomic E-state index is 0.0344. The second-order valence-electron chi connectivity index (χ2n) is 7.87. The van der Waals surface area contributed by atoms with E-state index in [-0.39, 0.29) is 5.78 Å². The molecule has 0 unspecified atom stereocenters. The summed E-state index contributed by atoms with van der Waals surface area (Å²) in [5, 5.41) is 6.02. The molecule has 2 aromatic carbocycles. The molecule has 0 atom stereocenters. The Labute approximate surface area is 194 Å². The maximum atomic E-state index is 13.2. The van der Waals surface area contributed by atoms with Gasteiger partial charge in [0.1, 0.15) is 0 Å². The number of aromatic nitrogens is 1. The van der Waals surface area contributed by atoms with E-state index in [2.05, 4.69) is 15.6 Å². The van der Waals surface area contributed by atoms with Gasteiger partial charge in [0, 0.05) is 36.3 Å². The van der Waals surface area contributed by atoms with Crippen molar-refractivity contribution in [3.8, 4) is 11.3 Å². The van der Waals surface area contributed by atoms with Crippen LogP contribution in [-0.4, -0.2) is 29.9 Å². The molecule has 9 heteroatoms. The Morgan fingerprint density at radius 1 is 1.09 bits per heavy atom. The van der Waals surface area contributed by atoms with Crippen LogP contribution in [0.2, 0.25) is 0 Å². The van der Waals surface area contributed by atoms with Gasteiger partial charge < -0.3 is 10.6 Å². The van der Waals surface area contributed by atoms with Gasteiger partial charge in [0.2, 0.25) is 0 Å². The average Bonchev–Trinajstić information content (AvgIpc) is 3.05. The average molecular weight is 468 g/mol. The van der Waals surface area contributed by atoms with Crippen LogP contribution in [0, 0.1) is 0 Å². The first-order valence-corrected chi connectivity index (χ1v) is 10.9. The molecule has 6 nitrogen and oxygen atoms in total. The highest BCUT2D eigenvalue weighted by atomic mass is 19.4. The van der Waals surface area contributed by atoms with Gasteiger partial charge in [0.25, 0.3) is 0 Å². The fraction of sp³-hybridized carbons (Fsp3) is 0.240. The normalized spacial score (nSPS) is 13.5. The van der Waals surface area contributed by atoms with Gasteiger partial charge in [-0.25, -0.2) is 9.78 Å². The van der Waals surface area contributed by atoms with Crippen LogP contribution in [0.4, 0.5) is 35.2 Å². The molecule has 34 heavy (non-hydrogen) atoms. The van der Waals surface area contributed by atoms with E-state index in [1.807, 2.05) is 0 Å². The number of amides is 2. The molecular formula is C25H23F3N4O2. The van der Waals surface area contributed by atoms with Gasteiger partial charge in [-0.3, -0.25) is 9.69 Å². The Balaban J connectivity index is 1.65. The quantitative estimate of drug-likeness (QED) is 0.446. The third-order valence-electron chi connectivity index (χ3n) is 5.49. The lowest BCUT2D eigenvalue weighted by molar-refractivity contribution is -0.137. The highest BCUT2D eigenvalue weighted by Gasteiger charge is 2.31. The van der Waals surface area contributed by atoms with Crippen LogP contribution in [0.5, 0.6) is 0 Å². The number of carbonyl (C=O) groups excluding carboxylic acids is 2. The SMILES string of the molecule is CCC(=O)c1cccc(NC(=O)N2CCCNc3ccc(-c4cccc(C(F)(F)F)c4)nc32)c1. The second-order valence-corrected chi connectivity index (χ2v) is 7.87. The van der Waals surface area contributed by atoms with E-state index < -0.39 is 17.8 Å². The lowest BCUT2D eigenvalue weighted by Crippen LogP contribution is -2.36. The van der Waals surface area contributed by atoms with Crippen LogP contribution in [0.3, 0.4) is 0 Å². The van der Waals surface area contributed by atoms with E-state index in [1.54, 1.807) is 49.4 Å². The number of benzene rings is 2. The molecular weight excluding hydrogens is 445 g/mol. The van der Waals surface area contributed by atoms with Gasteiger partial charge in [0.15, 0.2) is 11.6 Å². The number of hydrogen-bond donors (Lipinski definition) is 2. The van der Waals surface area contributed by atoms with Crippen molar-refractivity contribution in [1.29, 1.82) is 0 Å². The minimum atomic E-state index is -4.47. The van der Waals surface area contributed by atoms with E-state index in [4.69, 9.17) is 0 Å². The number of nitrogens with zero attached hydrogens (tertiary/aromatic N) is 2. The zero-order valence-electron chi connectivity index (χ0n) is 18.4. The number of halogens is 3. The van der Waals surface area contributed by atoms with Crippen LogP contribution in [0.1, 0.15) is 35.7 Å². The van der Waals surface area contributed by atoms with Crippen molar-refractivity contribution >= 4 is 29.0 Å². The van der Waals surface area contributed by atoms with Crippen LogP contribution in [0.15, 0.2) is 60.7 Å². The highest BCUT2D eigenvalue weighted by molar-refractivity contribution is 6.04. The van der Waals surface area contributed by atoms with Gasteiger partial charge in [-0.05, 0) is 42.8 Å². The largest absolute Gasteiger partial charge is 0.416 e. The number of urea groups is 1. The summed E-state index contributed by atoms with van der Waals surface area (Å²) in [7, 11) is 0. The maximum absolute atomic E-state index is 13.2. The van der Waals surface area contributed by atoms with Crippen molar-refractivity contribution in [2.24, 2.45) is 0 Å². The van der Waals surface area contributed by atoms with Gasteiger partial charge in [-0.15, -0.1) is 0 Å². The molecule has 1 aromatic heterocycles. The first-order valence-electron chi connectivity index (χ1n) is 10.9. The number of anilines is 3. The van der Waals surface area contributed by atoms with Crippen LogP contribution in [-0.2, 0) is 6.18 Å². The molecule has 0 aliphatic carbocycles. The molecule has 2 N–H and O–H groups in total. The van der Waals surface area contributed by atoms with Crippen molar-refractivity contribution in [3.63, 3.8) is 0 Å². The molecule has 3 aromatic rings. The summed E-state index contributed by atoms with van der Waals surface area (Å²) in [5.74, 6) is 0.290. The molecule has 0 saturated heterocycles. The Bertz CT molecular complexity index is 1230. The zero-order chi connectivity index (χ0) is 24.3. The lowest BCUT2D eigenvalue weighted by atomic mass is 10.1. The predicted octanol–water partition coefficient (Wildman–Crippen LogP) is 6.21. The Hall–Kier alpha value is -3.88. The first kappa shape index (κ1) is 23.3. The lowest BCUT2D eigenvalue weighted by Gasteiger charge is -2.22. The fourth-order valence-electron chi connectivity index (χ4n) is 3.74. The number of carbonyl (C=O) groups is 2. The number of rotatable bonds is 4. The minimum Gasteiger partial charge on any atom is -0.382 e. The topological polar surface area (TPSA) is 74.3 Å². The van der Waals surface area contributed by atoms with Crippen molar-refractivity contribution in [2.75, 3.05) is 28.6 Å². The van der Waals surface area contributed by atoms with E-state index in [0.717, 1.165) is 12.1 Å². The smallest absolute Gasteiger partial charge is 0.382 e. The molecule has 0 bridgehead atoms. The summed E-state index contributed by atoms with van der Waals surface area (Å²) in [6, 6.07) is 14.5. The van der Waals surface area contributed by atoms with Crippen molar-refractivity contribution in [3.05, 3.63) is 71.8 Å². The summed E-state index contributed by atoms with van der Waals surface area (Å²) >= 11 is 0. The van der Waals surface area contributed by atoms with E-state index >= 15 is 0 Å². The highest BCUT2D eigenvalue weighted by Crippen LogP contribution is 2.34. The van der Waals surface area contributed by atoms with E-state index in [1.165, 1.54) is 11.0 Å². The van der Waals surface area contributed by atoms with Crippen molar-refractivity contribution < 1.29 is 22.8 Å². The van der Waals surface area contributed by atoms with Crippen molar-refractivity contribution in [2.45, 2.75) is 25.9 Å². The van der Waals surface area contributed by atoms with Crippen LogP contribution >= 0.6 is 0 Å². The van der Waals surface area contributed by atoms with Gasteiger partial charge in [-0.2, -0.15) is 13.2 Å². The molecule has 0 saturated carbocycles. The summed E-state index contributed by atoms with van der Waals surface area (Å²) in [6.07, 6.45) is -3.47. The number of alkyl halides is 3. The fourth-order valence-corrected chi connectivity index (χ4v) is 3.74. The number of ketones is 1. The monoisotopic (exact) mass is 468 g/mol. The standard InChI is InChI=1S/C25H23F3N4O2/c1-2-22(33)17-7-4-9-19(15-17)30-24(34)32-13-5-12-29-21-11-10-20(31-23(21)32)16-6-3-8-18(14-16)25(26,27)28/h3-4,6-11,14-15,29H,2,5,12-13H2,1H3,(H,30,34). The summed E-state index contributed by atoms with van der Waals surface area (Å²) in [5.41, 5.74) is 1.43. The van der Waals surface area contributed by atoms with Gasteiger partial charge in [-0.1, -0.05) is 31.2 Å². The van der Waals surface area contributed by atoms with Crippen LogP contribution in [0.25, 0.3) is 11.3 Å². The van der Waals surface area contributed by atoms with Crippen molar-refractivity contribution in [1.82, 2.24) is 4.98 Å². The maximum Gasteiger partial charge on any atom is 0.416 e. The third-order valence-corrected chi connectivity index (χ3v) is 5.49. The summed E-state index contributed by atoms with van der Waals surface area (Å²) in [6.45, 7) is 2.74. The molecule has 4 rings (SSSR count). The molecule has 2 amide bonds. The molecule has 1 aliphatic heterocycles. The molecule has 0 spiro atoms. The molecule has 176 valence electrons. The summed E-state index contributed by atoms with van der Waals surface area (Å²) < 4.78 is 39.5. The number of hydrogen-bond acceptors (Lipinski definition) is 4. The van der Waals surface area contributed by atoms with Gasteiger partial charge in [0.05, 0.1) is 16.9 Å². The zero-order valence-corrected chi connectivity index (χ0v) is 18.4. The molecule has 1 aliphatic rings. The van der Waals surface area contributed by atoms with Gasteiger partial charge >= 0.3 is 12.2 Å². The first-order chi connectivity index (χ1) is 16.3. The molecule has 0 fully saturated rings. The Kier molecular flexibility index (Phi) is 6.54. The number of Topliss-reactive ketones (excluding diaryl/α,β-unsaturated/α-hetero) is 1. The third kappa shape index (κ3) is 5.03. The Morgan fingerprint density at radius 2 is 1.88 bits per heavy atom. The molecule has 2 heterocycles. The molecule has 0 radical (unpaired) electrons. The second kappa shape index (κ2) is 9.54. The summed E-state index contributed by atoms with van der Waals surface area (Å²) in [4.78, 5) is 31.2. The van der Waals surface area contributed by atoms with Crippen LogP contribution < -0.4 is 15.5 Å².